The van der Waals surface area contributed by atoms with E-state index in [2.05, 4.69) is 0 Å². The van der Waals surface area contributed by atoms with Crippen LogP contribution in [0.25, 0.3) is 11.8 Å². The molecule has 0 radical (unpaired) electrons. The maximum atomic E-state index is 12.3. The van der Waals surface area contributed by atoms with E-state index in [1.54, 1.807) is 30.3 Å². The van der Waals surface area contributed by atoms with Gasteiger partial charge in [0.15, 0.2) is 0 Å². The predicted molar refractivity (Wildman–Crippen MR) is 88.5 cm³/mol. The summed E-state index contributed by atoms with van der Waals surface area (Å²) >= 11 is 6.02. The molecule has 0 aliphatic rings. The fourth-order valence-electron chi connectivity index (χ4n) is 1.77. The summed E-state index contributed by atoms with van der Waals surface area (Å²) in [6.45, 7) is 0. The molecule has 2 aromatic rings. The molecule has 6 heteroatoms. The Morgan fingerprint density at radius 2 is 1.73 bits per heavy atom. The van der Waals surface area contributed by atoms with Crippen molar-refractivity contribution in [2.24, 2.45) is 0 Å². The molecule has 0 aliphatic heterocycles. The van der Waals surface area contributed by atoms with Crippen LogP contribution in [0.2, 0.25) is 5.02 Å². The summed E-state index contributed by atoms with van der Waals surface area (Å²) in [7, 11) is -1.13. The third-order valence-corrected chi connectivity index (χ3v) is 4.41. The summed E-state index contributed by atoms with van der Waals surface area (Å²) in [4.78, 5) is 0. The Hall–Kier alpha value is -1.58. The summed E-state index contributed by atoms with van der Waals surface area (Å²) in [5.41, 5.74) is 1.56. The number of phosphoric ester groups is 1. The molecule has 0 unspecified atom stereocenters. The first-order valence-corrected chi connectivity index (χ1v) is 8.34. The Morgan fingerprint density at radius 3 is 2.32 bits per heavy atom. The van der Waals surface area contributed by atoms with Crippen LogP contribution < -0.4 is 0 Å². The molecule has 2 aromatic carbocycles. The zero-order valence-corrected chi connectivity index (χ0v) is 13.9. The van der Waals surface area contributed by atoms with E-state index < -0.39 is 7.82 Å². The van der Waals surface area contributed by atoms with Crippen molar-refractivity contribution >= 4 is 31.3 Å². The minimum atomic E-state index is -3.67. The fraction of sp³-hybridized carbons (Fsp3) is 0.125. The Labute approximate surface area is 134 Å². The maximum Gasteiger partial charge on any atom is 0.529 e. The standard InChI is InChI=1S/C16H16ClO4P/c1-19-22(18,20-2)21-16(11-13-7-4-3-5-8-13)14-9-6-10-15(17)12-14/h3-12H,1-2H3. The van der Waals surface area contributed by atoms with Crippen molar-refractivity contribution in [1.82, 2.24) is 0 Å². The van der Waals surface area contributed by atoms with Crippen LogP contribution in [0, 0.1) is 0 Å². The Kier molecular flexibility index (Phi) is 5.81. The highest BCUT2D eigenvalue weighted by atomic mass is 35.5. The summed E-state index contributed by atoms with van der Waals surface area (Å²) in [5, 5.41) is 0.546. The van der Waals surface area contributed by atoms with Crippen molar-refractivity contribution in [3.05, 3.63) is 70.7 Å². The molecular formula is C16H16ClO4P. The van der Waals surface area contributed by atoms with Gasteiger partial charge in [0, 0.05) is 24.8 Å². The van der Waals surface area contributed by atoms with Gasteiger partial charge in [0.25, 0.3) is 0 Å². The summed E-state index contributed by atoms with van der Waals surface area (Å²) < 4.78 is 27.5. The number of halogens is 1. The highest BCUT2D eigenvalue weighted by Crippen LogP contribution is 2.51. The summed E-state index contributed by atoms with van der Waals surface area (Å²) in [6, 6.07) is 16.6. The zero-order chi connectivity index (χ0) is 16.0. The van der Waals surface area contributed by atoms with Crippen LogP contribution in [-0.2, 0) is 18.1 Å². The normalized spacial score (nSPS) is 12.2. The fourth-order valence-corrected chi connectivity index (χ4v) is 2.66. The van der Waals surface area contributed by atoms with Gasteiger partial charge in [-0.1, -0.05) is 54.1 Å². The van der Waals surface area contributed by atoms with Gasteiger partial charge in [-0.05, 0) is 23.8 Å². The number of hydrogen-bond donors (Lipinski definition) is 0. The van der Waals surface area contributed by atoms with Crippen LogP contribution in [0.1, 0.15) is 11.1 Å². The van der Waals surface area contributed by atoms with Crippen molar-refractivity contribution in [3.63, 3.8) is 0 Å². The average molecular weight is 339 g/mol. The third-order valence-electron chi connectivity index (χ3n) is 2.86. The van der Waals surface area contributed by atoms with E-state index in [0.717, 1.165) is 5.56 Å². The molecule has 0 heterocycles. The molecule has 0 spiro atoms. The summed E-state index contributed by atoms with van der Waals surface area (Å²) in [5.74, 6) is 0.348. The molecule has 0 N–H and O–H groups in total. The second kappa shape index (κ2) is 7.61. The van der Waals surface area contributed by atoms with E-state index in [1.165, 1.54) is 14.2 Å². The van der Waals surface area contributed by atoms with E-state index in [9.17, 15) is 4.57 Å². The van der Waals surface area contributed by atoms with E-state index in [-0.39, 0.29) is 0 Å². The van der Waals surface area contributed by atoms with Crippen LogP contribution in [0.5, 0.6) is 0 Å². The number of rotatable bonds is 6. The highest BCUT2D eigenvalue weighted by Gasteiger charge is 2.26. The van der Waals surface area contributed by atoms with Crippen molar-refractivity contribution in [1.29, 1.82) is 0 Å². The largest absolute Gasteiger partial charge is 0.529 e. The first kappa shape index (κ1) is 16.8. The van der Waals surface area contributed by atoms with Crippen molar-refractivity contribution in [2.75, 3.05) is 14.2 Å². The van der Waals surface area contributed by atoms with E-state index in [1.807, 2.05) is 30.3 Å². The highest BCUT2D eigenvalue weighted by molar-refractivity contribution is 7.48. The quantitative estimate of drug-likeness (QED) is 0.409. The minimum absolute atomic E-state index is 0.348. The molecule has 4 nitrogen and oxygen atoms in total. The molecule has 0 saturated heterocycles. The Balaban J connectivity index is 2.45. The van der Waals surface area contributed by atoms with E-state index in [4.69, 9.17) is 25.2 Å². The molecular weight excluding hydrogens is 323 g/mol. The first-order valence-electron chi connectivity index (χ1n) is 6.50. The Bertz CT molecular complexity index is 692. The lowest BCUT2D eigenvalue weighted by Gasteiger charge is -2.17. The van der Waals surface area contributed by atoms with Gasteiger partial charge in [-0.15, -0.1) is 0 Å². The van der Waals surface area contributed by atoms with Crippen LogP contribution in [-0.4, -0.2) is 14.2 Å². The molecule has 116 valence electrons. The van der Waals surface area contributed by atoms with Crippen LogP contribution in [0.3, 0.4) is 0 Å². The van der Waals surface area contributed by atoms with Crippen molar-refractivity contribution < 1.29 is 18.1 Å². The molecule has 0 aromatic heterocycles. The van der Waals surface area contributed by atoms with Gasteiger partial charge in [-0.25, -0.2) is 4.57 Å². The second-order valence-corrected chi connectivity index (χ2v) is 6.58. The average Bonchev–Trinajstić information content (AvgIpc) is 2.55. The minimum Gasteiger partial charge on any atom is -0.403 e. The van der Waals surface area contributed by atoms with Gasteiger partial charge < -0.3 is 4.52 Å². The lowest BCUT2D eigenvalue weighted by Crippen LogP contribution is -1.96. The summed E-state index contributed by atoms with van der Waals surface area (Å²) in [6.07, 6.45) is 1.75. The number of benzene rings is 2. The predicted octanol–water partition coefficient (Wildman–Crippen LogP) is 5.26. The lowest BCUT2D eigenvalue weighted by atomic mass is 10.1. The monoisotopic (exact) mass is 338 g/mol. The first-order chi connectivity index (χ1) is 10.6. The van der Waals surface area contributed by atoms with Gasteiger partial charge in [0.05, 0.1) is 0 Å². The number of hydrogen-bond acceptors (Lipinski definition) is 4. The number of phosphoric acid groups is 1. The van der Waals surface area contributed by atoms with E-state index >= 15 is 0 Å². The van der Waals surface area contributed by atoms with Gasteiger partial charge in [0.1, 0.15) is 5.76 Å². The Morgan fingerprint density at radius 1 is 1.05 bits per heavy atom. The molecule has 2 rings (SSSR count). The maximum absolute atomic E-state index is 12.3. The van der Waals surface area contributed by atoms with Gasteiger partial charge in [-0.3, -0.25) is 9.05 Å². The van der Waals surface area contributed by atoms with Crippen LogP contribution in [0.4, 0.5) is 0 Å². The smallest absolute Gasteiger partial charge is 0.403 e. The molecule has 0 bridgehead atoms. The third kappa shape index (κ3) is 4.46. The van der Waals surface area contributed by atoms with E-state index in [0.29, 0.717) is 16.3 Å². The SMILES string of the molecule is COP(=O)(OC)OC(=Cc1ccccc1)c1cccc(Cl)c1. The molecule has 22 heavy (non-hydrogen) atoms. The van der Waals surface area contributed by atoms with Gasteiger partial charge in [-0.2, -0.15) is 0 Å². The van der Waals surface area contributed by atoms with Gasteiger partial charge >= 0.3 is 7.82 Å². The molecule has 0 amide bonds. The second-order valence-electron chi connectivity index (χ2n) is 4.33. The van der Waals surface area contributed by atoms with Gasteiger partial charge in [0.2, 0.25) is 0 Å². The van der Waals surface area contributed by atoms with Crippen molar-refractivity contribution in [2.45, 2.75) is 0 Å². The molecule has 0 saturated carbocycles. The molecule has 0 atom stereocenters. The molecule has 0 aliphatic carbocycles. The molecule has 0 fully saturated rings. The van der Waals surface area contributed by atoms with Crippen molar-refractivity contribution in [3.8, 4) is 0 Å². The van der Waals surface area contributed by atoms with Crippen LogP contribution >= 0.6 is 19.4 Å². The zero-order valence-electron chi connectivity index (χ0n) is 12.2. The lowest BCUT2D eigenvalue weighted by molar-refractivity contribution is 0.201. The van der Waals surface area contributed by atoms with Crippen LogP contribution in [0.15, 0.2) is 54.6 Å². The topological polar surface area (TPSA) is 44.8 Å².